The van der Waals surface area contributed by atoms with Crippen molar-refractivity contribution in [3.63, 3.8) is 0 Å². The van der Waals surface area contributed by atoms with Crippen molar-refractivity contribution in [3.8, 4) is 22.1 Å². The summed E-state index contributed by atoms with van der Waals surface area (Å²) in [4.78, 5) is 6.66. The van der Waals surface area contributed by atoms with Gasteiger partial charge >= 0.3 is 0 Å². The highest BCUT2D eigenvalue weighted by Crippen LogP contribution is 2.31. The van der Waals surface area contributed by atoms with E-state index in [9.17, 15) is 0 Å². The van der Waals surface area contributed by atoms with Gasteiger partial charge in [0.2, 0.25) is 4.80 Å². The molecule has 1 aromatic carbocycles. The lowest BCUT2D eigenvalue weighted by molar-refractivity contribution is 0.171. The van der Waals surface area contributed by atoms with Crippen LogP contribution in [0.15, 0.2) is 51.2 Å². The van der Waals surface area contributed by atoms with Gasteiger partial charge in [-0.05, 0) is 43.5 Å². The second-order valence-corrected chi connectivity index (χ2v) is 7.50. The standard InChI is InChI=1S/C19H19N3O2S2/c1-3-20-19-22(15(12-26-19)18-5-4-10-25-18)21-13(2)14-6-7-16-17(11-14)24-9-8-23-16/h4-7,10-12H,3,8-9H2,1-2H3. The fourth-order valence-corrected chi connectivity index (χ4v) is 4.40. The molecule has 4 rings (SSSR count). The van der Waals surface area contributed by atoms with Crippen molar-refractivity contribution in [1.82, 2.24) is 4.68 Å². The molecule has 3 aromatic rings. The molecule has 0 spiro atoms. The summed E-state index contributed by atoms with van der Waals surface area (Å²) in [5.41, 5.74) is 2.97. The Morgan fingerprint density at radius 1 is 1.15 bits per heavy atom. The second-order valence-electron chi connectivity index (χ2n) is 5.71. The van der Waals surface area contributed by atoms with Gasteiger partial charge in [0.05, 0.1) is 16.3 Å². The van der Waals surface area contributed by atoms with Crippen molar-refractivity contribution >= 4 is 28.4 Å². The minimum atomic E-state index is 0.577. The van der Waals surface area contributed by atoms with Gasteiger partial charge in [-0.2, -0.15) is 5.10 Å². The smallest absolute Gasteiger partial charge is 0.206 e. The first kappa shape index (κ1) is 17.1. The minimum Gasteiger partial charge on any atom is -0.486 e. The minimum absolute atomic E-state index is 0.577. The van der Waals surface area contributed by atoms with Gasteiger partial charge in [0.25, 0.3) is 0 Å². The third kappa shape index (κ3) is 3.32. The summed E-state index contributed by atoms with van der Waals surface area (Å²) < 4.78 is 13.2. The van der Waals surface area contributed by atoms with Crippen molar-refractivity contribution in [2.45, 2.75) is 13.8 Å². The van der Waals surface area contributed by atoms with Gasteiger partial charge in [-0.25, -0.2) is 4.68 Å². The average molecular weight is 386 g/mol. The van der Waals surface area contributed by atoms with Crippen LogP contribution >= 0.6 is 22.7 Å². The van der Waals surface area contributed by atoms with Crippen LogP contribution in [0.4, 0.5) is 0 Å². The molecular formula is C19H19N3O2S2. The molecule has 1 aliphatic heterocycles. The van der Waals surface area contributed by atoms with Crippen molar-refractivity contribution in [2.75, 3.05) is 19.8 Å². The molecule has 0 bridgehead atoms. The number of fused-ring (bicyclic) bond motifs is 1. The van der Waals surface area contributed by atoms with Gasteiger partial charge in [-0.3, -0.25) is 4.99 Å². The molecular weight excluding hydrogens is 366 g/mol. The zero-order valence-electron chi connectivity index (χ0n) is 14.6. The number of hydrogen-bond acceptors (Lipinski definition) is 6. The van der Waals surface area contributed by atoms with E-state index in [0.717, 1.165) is 39.8 Å². The molecule has 7 heteroatoms. The topological polar surface area (TPSA) is 48.1 Å². The molecule has 2 aromatic heterocycles. The first-order valence-electron chi connectivity index (χ1n) is 8.47. The zero-order chi connectivity index (χ0) is 17.9. The Labute approximate surface area is 159 Å². The molecule has 0 atom stereocenters. The molecule has 5 nitrogen and oxygen atoms in total. The van der Waals surface area contributed by atoms with E-state index in [1.54, 1.807) is 22.7 Å². The highest BCUT2D eigenvalue weighted by Gasteiger charge is 2.14. The van der Waals surface area contributed by atoms with Crippen LogP contribution in [0.2, 0.25) is 0 Å². The van der Waals surface area contributed by atoms with Crippen LogP contribution < -0.4 is 14.3 Å². The molecule has 0 saturated heterocycles. The molecule has 0 unspecified atom stereocenters. The fraction of sp³-hybridized carbons (Fsp3) is 0.263. The summed E-state index contributed by atoms with van der Waals surface area (Å²) >= 11 is 3.31. The number of thiazole rings is 1. The number of thiophene rings is 1. The van der Waals surface area contributed by atoms with E-state index in [0.29, 0.717) is 13.2 Å². The van der Waals surface area contributed by atoms with Crippen LogP contribution in [0.3, 0.4) is 0 Å². The Balaban J connectivity index is 1.78. The van der Waals surface area contributed by atoms with Crippen molar-refractivity contribution in [3.05, 3.63) is 51.5 Å². The predicted molar refractivity (Wildman–Crippen MR) is 107 cm³/mol. The van der Waals surface area contributed by atoms with Gasteiger partial charge in [0.1, 0.15) is 13.2 Å². The van der Waals surface area contributed by atoms with E-state index in [4.69, 9.17) is 14.6 Å². The molecule has 134 valence electrons. The Morgan fingerprint density at radius 2 is 2.00 bits per heavy atom. The highest BCUT2D eigenvalue weighted by molar-refractivity contribution is 7.14. The van der Waals surface area contributed by atoms with Crippen LogP contribution in [0.1, 0.15) is 19.4 Å². The quantitative estimate of drug-likeness (QED) is 0.631. The van der Waals surface area contributed by atoms with Crippen LogP contribution in [-0.2, 0) is 0 Å². The third-order valence-corrected chi connectivity index (χ3v) is 5.71. The van der Waals surface area contributed by atoms with Crippen molar-refractivity contribution in [1.29, 1.82) is 0 Å². The Morgan fingerprint density at radius 3 is 2.77 bits per heavy atom. The zero-order valence-corrected chi connectivity index (χ0v) is 16.3. The first-order valence-corrected chi connectivity index (χ1v) is 10.2. The van der Waals surface area contributed by atoms with E-state index in [2.05, 4.69) is 27.9 Å². The molecule has 26 heavy (non-hydrogen) atoms. The largest absolute Gasteiger partial charge is 0.486 e. The number of aromatic nitrogens is 1. The fourth-order valence-electron chi connectivity index (χ4n) is 2.71. The number of ether oxygens (including phenoxy) is 2. The molecule has 0 N–H and O–H groups in total. The molecule has 0 fully saturated rings. The number of hydrogen-bond donors (Lipinski definition) is 0. The SMILES string of the molecule is CCN=c1scc(-c2cccs2)n1N=C(C)c1ccc2c(c1)OCCO2. The normalized spacial score (nSPS) is 14.7. The summed E-state index contributed by atoms with van der Waals surface area (Å²) in [6, 6.07) is 10.1. The number of benzene rings is 1. The lowest BCUT2D eigenvalue weighted by Gasteiger charge is -2.18. The first-order chi connectivity index (χ1) is 12.8. The van der Waals surface area contributed by atoms with E-state index in [-0.39, 0.29) is 0 Å². The number of rotatable bonds is 4. The van der Waals surface area contributed by atoms with E-state index in [1.807, 2.05) is 36.7 Å². The van der Waals surface area contributed by atoms with Gasteiger partial charge in [-0.1, -0.05) is 6.07 Å². The second kappa shape index (κ2) is 7.47. The molecule has 0 aliphatic carbocycles. The van der Waals surface area contributed by atoms with Crippen LogP contribution in [-0.4, -0.2) is 30.1 Å². The lowest BCUT2D eigenvalue weighted by atomic mass is 10.1. The Kier molecular flexibility index (Phi) is 4.90. The summed E-state index contributed by atoms with van der Waals surface area (Å²) in [7, 11) is 0. The maximum absolute atomic E-state index is 5.69. The van der Waals surface area contributed by atoms with Crippen molar-refractivity contribution in [2.24, 2.45) is 10.1 Å². The predicted octanol–water partition coefficient (Wildman–Crippen LogP) is 4.24. The summed E-state index contributed by atoms with van der Waals surface area (Å²) in [5, 5.41) is 9.06. The number of nitrogens with zero attached hydrogens (tertiary/aromatic N) is 3. The van der Waals surface area contributed by atoms with Gasteiger partial charge < -0.3 is 9.47 Å². The summed E-state index contributed by atoms with van der Waals surface area (Å²) in [6.45, 7) is 5.93. The van der Waals surface area contributed by atoms with E-state index in [1.165, 1.54) is 4.88 Å². The van der Waals surface area contributed by atoms with E-state index < -0.39 is 0 Å². The third-order valence-electron chi connectivity index (χ3n) is 3.96. The Hall–Kier alpha value is -2.38. The monoisotopic (exact) mass is 385 g/mol. The van der Waals surface area contributed by atoms with Crippen molar-refractivity contribution < 1.29 is 9.47 Å². The molecule has 3 heterocycles. The highest BCUT2D eigenvalue weighted by atomic mass is 32.1. The lowest BCUT2D eigenvalue weighted by Crippen LogP contribution is -2.16. The molecule has 0 saturated carbocycles. The van der Waals surface area contributed by atoms with Crippen LogP contribution in [0.5, 0.6) is 11.5 Å². The molecule has 0 radical (unpaired) electrons. The van der Waals surface area contributed by atoms with E-state index >= 15 is 0 Å². The van der Waals surface area contributed by atoms with Gasteiger partial charge in [-0.15, -0.1) is 22.7 Å². The van der Waals surface area contributed by atoms with Gasteiger partial charge in [0.15, 0.2) is 11.5 Å². The van der Waals surface area contributed by atoms with Gasteiger partial charge in [0, 0.05) is 17.5 Å². The maximum atomic E-state index is 5.69. The Bertz CT molecular complexity index is 1000. The molecule has 0 amide bonds. The average Bonchev–Trinajstić information content (AvgIpc) is 3.32. The molecule has 1 aliphatic rings. The van der Waals surface area contributed by atoms with Crippen LogP contribution in [0.25, 0.3) is 10.6 Å². The summed E-state index contributed by atoms with van der Waals surface area (Å²) in [5.74, 6) is 1.56. The summed E-state index contributed by atoms with van der Waals surface area (Å²) in [6.07, 6.45) is 0. The van der Waals surface area contributed by atoms with Crippen LogP contribution in [0, 0.1) is 0 Å². The maximum Gasteiger partial charge on any atom is 0.206 e.